The molecule has 0 aliphatic heterocycles. The fourth-order valence-electron chi connectivity index (χ4n) is 1.20. The summed E-state index contributed by atoms with van der Waals surface area (Å²) in [7, 11) is 0. The highest BCUT2D eigenvalue weighted by molar-refractivity contribution is 14.1. The van der Waals surface area contributed by atoms with Crippen LogP contribution in [0.3, 0.4) is 0 Å². The molecule has 0 saturated carbocycles. The van der Waals surface area contributed by atoms with Crippen LogP contribution in [-0.2, 0) is 0 Å². The molecule has 0 aliphatic carbocycles. The van der Waals surface area contributed by atoms with Crippen LogP contribution in [0.5, 0.6) is 0 Å². The molecule has 0 spiro atoms. The molecule has 2 aromatic rings. The van der Waals surface area contributed by atoms with Gasteiger partial charge in [0.1, 0.15) is 0 Å². The molecule has 1 aromatic heterocycles. The SMILES string of the molecule is O=C(Nc1cccc(I)c1)c1ccc(Cl)o1. The lowest BCUT2D eigenvalue weighted by atomic mass is 10.3. The predicted octanol–water partition coefficient (Wildman–Crippen LogP) is 3.79. The van der Waals surface area contributed by atoms with E-state index in [4.69, 9.17) is 16.0 Å². The zero-order valence-electron chi connectivity index (χ0n) is 8.04. The Morgan fingerprint density at radius 3 is 2.75 bits per heavy atom. The van der Waals surface area contributed by atoms with Gasteiger partial charge in [-0.1, -0.05) is 6.07 Å². The van der Waals surface area contributed by atoms with Gasteiger partial charge in [0.2, 0.25) is 0 Å². The van der Waals surface area contributed by atoms with E-state index in [1.54, 1.807) is 0 Å². The fraction of sp³-hybridized carbons (Fsp3) is 0. The first-order valence-electron chi connectivity index (χ1n) is 4.47. The van der Waals surface area contributed by atoms with Crippen LogP contribution < -0.4 is 5.32 Å². The van der Waals surface area contributed by atoms with Crippen LogP contribution in [0.4, 0.5) is 5.69 Å². The Morgan fingerprint density at radius 2 is 2.12 bits per heavy atom. The van der Waals surface area contributed by atoms with Crippen LogP contribution in [0.15, 0.2) is 40.8 Å². The van der Waals surface area contributed by atoms with E-state index < -0.39 is 0 Å². The largest absolute Gasteiger partial charge is 0.440 e. The van der Waals surface area contributed by atoms with Crippen LogP contribution in [-0.4, -0.2) is 5.91 Å². The average Bonchev–Trinajstić information content (AvgIpc) is 2.65. The van der Waals surface area contributed by atoms with E-state index in [9.17, 15) is 4.79 Å². The lowest BCUT2D eigenvalue weighted by Crippen LogP contribution is -2.10. The van der Waals surface area contributed by atoms with E-state index in [2.05, 4.69) is 27.9 Å². The van der Waals surface area contributed by atoms with Crippen molar-refractivity contribution in [2.24, 2.45) is 0 Å². The van der Waals surface area contributed by atoms with E-state index in [0.717, 1.165) is 9.26 Å². The van der Waals surface area contributed by atoms with Gasteiger partial charge in [0.25, 0.3) is 5.91 Å². The molecule has 0 fully saturated rings. The summed E-state index contributed by atoms with van der Waals surface area (Å²) in [5.41, 5.74) is 0.726. The van der Waals surface area contributed by atoms with Gasteiger partial charge >= 0.3 is 0 Å². The lowest BCUT2D eigenvalue weighted by Gasteiger charge is -2.02. The first-order chi connectivity index (χ1) is 7.65. The van der Waals surface area contributed by atoms with Crippen LogP contribution in [0.25, 0.3) is 0 Å². The maximum Gasteiger partial charge on any atom is 0.291 e. The Balaban J connectivity index is 2.13. The molecule has 1 aromatic carbocycles. The number of furan rings is 1. The number of benzene rings is 1. The van der Waals surface area contributed by atoms with Gasteiger partial charge in [-0.25, -0.2) is 0 Å². The zero-order valence-corrected chi connectivity index (χ0v) is 10.9. The molecular formula is C11H7ClINO2. The van der Waals surface area contributed by atoms with Gasteiger partial charge < -0.3 is 9.73 Å². The zero-order chi connectivity index (χ0) is 11.5. The van der Waals surface area contributed by atoms with Crippen LogP contribution in [0, 0.1) is 3.57 Å². The molecule has 16 heavy (non-hydrogen) atoms. The Kier molecular flexibility index (Phi) is 3.50. The molecule has 1 amide bonds. The summed E-state index contributed by atoms with van der Waals surface area (Å²) in [5, 5.41) is 2.92. The predicted molar refractivity (Wildman–Crippen MR) is 70.8 cm³/mol. The summed E-state index contributed by atoms with van der Waals surface area (Å²) >= 11 is 7.76. The van der Waals surface area contributed by atoms with Crippen LogP contribution >= 0.6 is 34.2 Å². The van der Waals surface area contributed by atoms with Gasteiger partial charge in [0.05, 0.1) is 0 Å². The van der Waals surface area contributed by atoms with Crippen LogP contribution in [0.2, 0.25) is 5.22 Å². The maximum atomic E-state index is 11.7. The number of anilines is 1. The minimum atomic E-state index is -0.311. The number of rotatable bonds is 2. The number of carbonyl (C=O) groups is 1. The highest BCUT2D eigenvalue weighted by atomic mass is 127. The van der Waals surface area contributed by atoms with E-state index in [0.29, 0.717) is 0 Å². The van der Waals surface area contributed by atoms with Gasteiger partial charge in [-0.05, 0) is 64.5 Å². The van der Waals surface area contributed by atoms with Crippen molar-refractivity contribution >= 4 is 45.8 Å². The smallest absolute Gasteiger partial charge is 0.291 e. The molecule has 0 aliphatic rings. The Bertz CT molecular complexity index is 524. The molecule has 0 saturated heterocycles. The number of halogens is 2. The fourth-order valence-corrected chi connectivity index (χ4v) is 1.88. The Morgan fingerprint density at radius 1 is 1.31 bits per heavy atom. The van der Waals surface area contributed by atoms with Gasteiger partial charge in [-0.2, -0.15) is 0 Å². The van der Waals surface area contributed by atoms with Crippen molar-refractivity contribution in [3.63, 3.8) is 0 Å². The van der Waals surface area contributed by atoms with Crippen molar-refractivity contribution in [1.29, 1.82) is 0 Å². The first kappa shape index (κ1) is 11.5. The highest BCUT2D eigenvalue weighted by Gasteiger charge is 2.10. The van der Waals surface area contributed by atoms with E-state index in [1.807, 2.05) is 24.3 Å². The van der Waals surface area contributed by atoms with Gasteiger partial charge in [-0.15, -0.1) is 0 Å². The van der Waals surface area contributed by atoms with E-state index in [-0.39, 0.29) is 16.9 Å². The van der Waals surface area contributed by atoms with E-state index >= 15 is 0 Å². The van der Waals surface area contributed by atoms with Crippen molar-refractivity contribution in [2.75, 3.05) is 5.32 Å². The molecule has 1 N–H and O–H groups in total. The molecule has 82 valence electrons. The first-order valence-corrected chi connectivity index (χ1v) is 5.93. The number of carbonyl (C=O) groups excluding carboxylic acids is 1. The molecule has 0 bridgehead atoms. The third-order valence-electron chi connectivity index (χ3n) is 1.88. The summed E-state index contributed by atoms with van der Waals surface area (Å²) in [6.45, 7) is 0. The van der Waals surface area contributed by atoms with Gasteiger partial charge in [-0.3, -0.25) is 4.79 Å². The Hall–Kier alpha value is -1.01. The molecule has 1 heterocycles. The number of hydrogen-bond acceptors (Lipinski definition) is 2. The maximum absolute atomic E-state index is 11.7. The molecule has 0 atom stereocenters. The number of nitrogens with one attached hydrogen (secondary N) is 1. The van der Waals surface area contributed by atoms with Crippen molar-refractivity contribution in [3.05, 3.63) is 50.9 Å². The summed E-state index contributed by atoms with van der Waals surface area (Å²) in [4.78, 5) is 11.7. The van der Waals surface area contributed by atoms with Crippen molar-refractivity contribution in [3.8, 4) is 0 Å². The highest BCUT2D eigenvalue weighted by Crippen LogP contribution is 2.16. The number of amides is 1. The van der Waals surface area contributed by atoms with Crippen molar-refractivity contribution < 1.29 is 9.21 Å². The second kappa shape index (κ2) is 4.88. The lowest BCUT2D eigenvalue weighted by molar-refractivity contribution is 0.0997. The third-order valence-corrected chi connectivity index (χ3v) is 2.75. The standard InChI is InChI=1S/C11H7ClINO2/c12-10-5-4-9(16-10)11(15)14-8-3-1-2-7(13)6-8/h1-6H,(H,14,15). The molecule has 2 rings (SSSR count). The van der Waals surface area contributed by atoms with Crippen molar-refractivity contribution in [1.82, 2.24) is 0 Å². The number of hydrogen-bond donors (Lipinski definition) is 1. The third kappa shape index (κ3) is 2.76. The minimum absolute atomic E-state index is 0.198. The quantitative estimate of drug-likeness (QED) is 0.840. The summed E-state index contributed by atoms with van der Waals surface area (Å²) in [5.74, 6) is -0.113. The van der Waals surface area contributed by atoms with Gasteiger partial charge in [0.15, 0.2) is 11.0 Å². The normalized spacial score (nSPS) is 10.1. The summed E-state index contributed by atoms with van der Waals surface area (Å²) in [6, 6.07) is 10.6. The molecular weight excluding hydrogens is 340 g/mol. The van der Waals surface area contributed by atoms with E-state index in [1.165, 1.54) is 12.1 Å². The summed E-state index contributed by atoms with van der Waals surface area (Å²) in [6.07, 6.45) is 0. The van der Waals surface area contributed by atoms with Crippen LogP contribution in [0.1, 0.15) is 10.6 Å². The second-order valence-electron chi connectivity index (χ2n) is 3.07. The Labute approximate surface area is 111 Å². The minimum Gasteiger partial charge on any atom is -0.440 e. The van der Waals surface area contributed by atoms with Crippen molar-refractivity contribution in [2.45, 2.75) is 0 Å². The molecule has 0 radical (unpaired) electrons. The monoisotopic (exact) mass is 347 g/mol. The summed E-state index contributed by atoms with van der Waals surface area (Å²) < 4.78 is 6.05. The molecule has 3 nitrogen and oxygen atoms in total. The molecule has 5 heteroatoms. The average molecular weight is 348 g/mol. The second-order valence-corrected chi connectivity index (χ2v) is 4.69. The van der Waals surface area contributed by atoms with Gasteiger partial charge in [0, 0.05) is 9.26 Å². The molecule has 0 unspecified atom stereocenters. The topological polar surface area (TPSA) is 42.2 Å².